The second kappa shape index (κ2) is 6.83. The molecule has 0 saturated carbocycles. The fraction of sp³-hybridized carbons (Fsp3) is 0.400. The van der Waals surface area contributed by atoms with Gasteiger partial charge in [-0.15, -0.1) is 6.58 Å². The number of piperidine rings is 1. The molecule has 0 amide bonds. The highest BCUT2D eigenvalue weighted by Gasteiger charge is 2.21. The number of ether oxygens (including phenoxy) is 1. The first-order valence-corrected chi connectivity index (χ1v) is 6.67. The summed E-state index contributed by atoms with van der Waals surface area (Å²) in [6.45, 7) is 6.00. The monoisotopic (exact) mass is 259 g/mol. The van der Waals surface area contributed by atoms with E-state index in [4.69, 9.17) is 10.5 Å². The molecule has 19 heavy (non-hydrogen) atoms. The highest BCUT2D eigenvalue weighted by Crippen LogP contribution is 2.18. The Hall–Kier alpha value is -1.97. The molecule has 0 radical (unpaired) electrons. The van der Waals surface area contributed by atoms with E-state index < -0.39 is 0 Å². The number of nitrogens with zero attached hydrogens (tertiary/aromatic N) is 2. The van der Waals surface area contributed by atoms with Gasteiger partial charge in [0.25, 0.3) is 0 Å². The van der Waals surface area contributed by atoms with Gasteiger partial charge >= 0.3 is 0 Å². The number of likely N-dealkylation sites (tertiary alicyclic amines) is 1. The van der Waals surface area contributed by atoms with E-state index in [1.807, 2.05) is 30.3 Å². The van der Waals surface area contributed by atoms with Crippen molar-refractivity contribution in [1.29, 1.82) is 0 Å². The van der Waals surface area contributed by atoms with Gasteiger partial charge in [0.1, 0.15) is 11.9 Å². The van der Waals surface area contributed by atoms with Crippen molar-refractivity contribution in [3.63, 3.8) is 0 Å². The summed E-state index contributed by atoms with van der Waals surface area (Å²) in [4.78, 5) is 6.34. The zero-order valence-electron chi connectivity index (χ0n) is 11.2. The molecule has 1 aliphatic heterocycles. The summed E-state index contributed by atoms with van der Waals surface area (Å²) in [5.74, 6) is 1.55. The fourth-order valence-electron chi connectivity index (χ4n) is 2.15. The lowest BCUT2D eigenvalue weighted by Crippen LogP contribution is -2.45. The third kappa shape index (κ3) is 4.02. The van der Waals surface area contributed by atoms with E-state index >= 15 is 0 Å². The summed E-state index contributed by atoms with van der Waals surface area (Å²) in [5.41, 5.74) is 5.92. The quantitative estimate of drug-likeness (QED) is 0.511. The maximum absolute atomic E-state index is 5.94. The molecule has 102 valence electrons. The van der Waals surface area contributed by atoms with Crippen LogP contribution < -0.4 is 10.5 Å². The molecule has 4 heteroatoms. The van der Waals surface area contributed by atoms with Crippen LogP contribution in [-0.4, -0.2) is 36.6 Å². The normalized spacial score (nSPS) is 17.3. The van der Waals surface area contributed by atoms with Crippen molar-refractivity contribution in [3.05, 3.63) is 43.0 Å². The molecular formula is C15H21N3O. The van der Waals surface area contributed by atoms with Crippen LogP contribution in [0, 0.1) is 0 Å². The largest absolute Gasteiger partial charge is 0.490 e. The van der Waals surface area contributed by atoms with Crippen LogP contribution in [0.3, 0.4) is 0 Å². The summed E-state index contributed by atoms with van der Waals surface area (Å²) in [6, 6.07) is 9.96. The first-order valence-electron chi connectivity index (χ1n) is 6.67. The number of aliphatic imine (C=N–C) groups is 1. The Morgan fingerprint density at radius 3 is 2.68 bits per heavy atom. The predicted molar refractivity (Wildman–Crippen MR) is 78.4 cm³/mol. The number of rotatable bonds is 4. The van der Waals surface area contributed by atoms with Crippen LogP contribution in [0.4, 0.5) is 0 Å². The molecule has 2 rings (SSSR count). The molecule has 1 fully saturated rings. The van der Waals surface area contributed by atoms with Crippen LogP contribution in [0.5, 0.6) is 5.75 Å². The summed E-state index contributed by atoms with van der Waals surface area (Å²) < 4.78 is 5.94. The minimum absolute atomic E-state index is 0.269. The second-order valence-corrected chi connectivity index (χ2v) is 4.60. The fourth-order valence-corrected chi connectivity index (χ4v) is 2.15. The zero-order valence-corrected chi connectivity index (χ0v) is 11.2. The van der Waals surface area contributed by atoms with Crippen molar-refractivity contribution >= 4 is 5.96 Å². The summed E-state index contributed by atoms with van der Waals surface area (Å²) in [5, 5.41) is 0. The Balaban J connectivity index is 1.81. The van der Waals surface area contributed by atoms with E-state index in [9.17, 15) is 0 Å². The lowest BCUT2D eigenvalue weighted by atomic mass is 10.1. The van der Waals surface area contributed by atoms with Gasteiger partial charge in [-0.3, -0.25) is 0 Å². The molecule has 0 aliphatic carbocycles. The van der Waals surface area contributed by atoms with Gasteiger partial charge in [0.05, 0.1) is 6.54 Å². The average Bonchev–Trinajstić information content (AvgIpc) is 2.46. The summed E-state index contributed by atoms with van der Waals surface area (Å²) >= 11 is 0. The molecule has 0 aromatic heterocycles. The molecular weight excluding hydrogens is 238 g/mol. The Morgan fingerprint density at radius 2 is 2.05 bits per heavy atom. The van der Waals surface area contributed by atoms with Gasteiger partial charge in [-0.1, -0.05) is 24.3 Å². The Labute approximate surface area is 114 Å². The van der Waals surface area contributed by atoms with Gasteiger partial charge in [0.2, 0.25) is 0 Å². The molecule has 1 aromatic rings. The molecule has 4 nitrogen and oxygen atoms in total. The van der Waals surface area contributed by atoms with E-state index in [-0.39, 0.29) is 6.10 Å². The molecule has 1 saturated heterocycles. The highest BCUT2D eigenvalue weighted by molar-refractivity contribution is 5.78. The smallest absolute Gasteiger partial charge is 0.191 e. The third-order valence-electron chi connectivity index (χ3n) is 3.19. The van der Waals surface area contributed by atoms with Crippen molar-refractivity contribution in [2.24, 2.45) is 10.7 Å². The van der Waals surface area contributed by atoms with Crippen LogP contribution in [0.15, 0.2) is 48.0 Å². The molecule has 0 atom stereocenters. The van der Waals surface area contributed by atoms with Crippen molar-refractivity contribution in [2.45, 2.75) is 18.9 Å². The lowest BCUT2D eigenvalue weighted by molar-refractivity contribution is 0.130. The Kier molecular flexibility index (Phi) is 4.84. The van der Waals surface area contributed by atoms with Crippen molar-refractivity contribution in [2.75, 3.05) is 19.6 Å². The van der Waals surface area contributed by atoms with Gasteiger partial charge in [0, 0.05) is 25.9 Å². The topological polar surface area (TPSA) is 50.8 Å². The third-order valence-corrected chi connectivity index (χ3v) is 3.19. The summed E-state index contributed by atoms with van der Waals surface area (Å²) in [6.07, 6.45) is 3.96. The number of para-hydroxylation sites is 1. The van der Waals surface area contributed by atoms with Crippen LogP contribution >= 0.6 is 0 Å². The van der Waals surface area contributed by atoms with E-state index in [1.54, 1.807) is 6.08 Å². The molecule has 0 spiro atoms. The number of hydrogen-bond donors (Lipinski definition) is 1. The number of nitrogens with two attached hydrogens (primary N) is 1. The Bertz CT molecular complexity index is 422. The lowest BCUT2D eigenvalue weighted by Gasteiger charge is -2.32. The first-order chi connectivity index (χ1) is 9.29. The van der Waals surface area contributed by atoms with Gasteiger partial charge in [0.15, 0.2) is 5.96 Å². The molecule has 1 heterocycles. The molecule has 1 aliphatic rings. The van der Waals surface area contributed by atoms with Gasteiger partial charge in [-0.05, 0) is 12.1 Å². The highest BCUT2D eigenvalue weighted by atomic mass is 16.5. The van der Waals surface area contributed by atoms with E-state index in [1.165, 1.54) is 0 Å². The van der Waals surface area contributed by atoms with E-state index in [0.29, 0.717) is 12.5 Å². The van der Waals surface area contributed by atoms with Gasteiger partial charge in [-0.25, -0.2) is 4.99 Å². The molecule has 0 bridgehead atoms. The van der Waals surface area contributed by atoms with Crippen molar-refractivity contribution in [1.82, 2.24) is 4.90 Å². The average molecular weight is 259 g/mol. The predicted octanol–water partition coefficient (Wildman–Crippen LogP) is 2.03. The number of benzene rings is 1. The minimum Gasteiger partial charge on any atom is -0.490 e. The van der Waals surface area contributed by atoms with Crippen LogP contribution in [0.25, 0.3) is 0 Å². The molecule has 1 aromatic carbocycles. The number of guanidine groups is 1. The molecule has 0 unspecified atom stereocenters. The van der Waals surface area contributed by atoms with Crippen LogP contribution in [0.1, 0.15) is 12.8 Å². The SMILES string of the molecule is C=CCN=C(N)N1CCC(Oc2ccccc2)CC1. The standard InChI is InChI=1S/C15H21N3O/c1-2-10-17-15(16)18-11-8-14(9-12-18)19-13-6-4-3-5-7-13/h2-7,14H,1,8-12H2,(H2,16,17). The maximum Gasteiger partial charge on any atom is 0.191 e. The Morgan fingerprint density at radius 1 is 1.37 bits per heavy atom. The maximum atomic E-state index is 5.94. The zero-order chi connectivity index (χ0) is 13.5. The van der Waals surface area contributed by atoms with Crippen molar-refractivity contribution < 1.29 is 4.74 Å². The second-order valence-electron chi connectivity index (χ2n) is 4.60. The minimum atomic E-state index is 0.269. The van der Waals surface area contributed by atoms with Gasteiger partial charge < -0.3 is 15.4 Å². The number of hydrogen-bond acceptors (Lipinski definition) is 2. The van der Waals surface area contributed by atoms with Crippen LogP contribution in [-0.2, 0) is 0 Å². The van der Waals surface area contributed by atoms with E-state index in [0.717, 1.165) is 31.7 Å². The van der Waals surface area contributed by atoms with Crippen molar-refractivity contribution in [3.8, 4) is 5.75 Å². The van der Waals surface area contributed by atoms with Crippen LogP contribution in [0.2, 0.25) is 0 Å². The first kappa shape index (κ1) is 13.5. The van der Waals surface area contributed by atoms with Gasteiger partial charge in [-0.2, -0.15) is 0 Å². The van der Waals surface area contributed by atoms with E-state index in [2.05, 4.69) is 16.5 Å². The molecule has 2 N–H and O–H groups in total. The summed E-state index contributed by atoms with van der Waals surface area (Å²) in [7, 11) is 0.